The van der Waals surface area contributed by atoms with Crippen molar-refractivity contribution in [1.29, 1.82) is 0 Å². The number of anilines is 1. The van der Waals surface area contributed by atoms with Crippen LogP contribution in [0, 0.1) is 0 Å². The summed E-state index contributed by atoms with van der Waals surface area (Å²) < 4.78 is 1.62. The van der Waals surface area contributed by atoms with Crippen LogP contribution in [0.25, 0.3) is 0 Å². The van der Waals surface area contributed by atoms with E-state index in [9.17, 15) is 19.2 Å². The van der Waals surface area contributed by atoms with Crippen molar-refractivity contribution in [3.63, 3.8) is 0 Å². The number of nitrogens with zero attached hydrogens (tertiary/aromatic N) is 5. The molecule has 0 aliphatic carbocycles. The van der Waals surface area contributed by atoms with Crippen molar-refractivity contribution in [1.82, 2.24) is 14.2 Å². The van der Waals surface area contributed by atoms with Crippen LogP contribution in [0.1, 0.15) is 39.5 Å². The second-order valence-corrected chi connectivity index (χ2v) is 6.58. The van der Waals surface area contributed by atoms with Gasteiger partial charge in [-0.3, -0.25) is 24.2 Å². The molecule has 2 fully saturated rings. The first-order valence-electron chi connectivity index (χ1n) is 8.18. The Morgan fingerprint density at radius 1 is 0.960 bits per heavy atom. The van der Waals surface area contributed by atoms with E-state index in [2.05, 4.69) is 5.21 Å². The molecule has 11 heteroatoms. The molecule has 136 valence electrons. The summed E-state index contributed by atoms with van der Waals surface area (Å²) in [5.74, 6) is -1.24. The molecule has 2 saturated heterocycles. The zero-order valence-electron chi connectivity index (χ0n) is 14.1. The Kier molecular flexibility index (Phi) is 4.66. The van der Waals surface area contributed by atoms with Crippen LogP contribution < -0.4 is 14.9 Å². The number of aromatic amines is 1. The Morgan fingerprint density at radius 2 is 1.48 bits per heavy atom. The molecule has 0 atom stereocenters. The third kappa shape index (κ3) is 3.06. The lowest BCUT2D eigenvalue weighted by Gasteiger charge is -2.28. The van der Waals surface area contributed by atoms with Gasteiger partial charge in [-0.15, -0.1) is 4.18 Å². The Balaban J connectivity index is 2.11. The van der Waals surface area contributed by atoms with Crippen LogP contribution in [0.2, 0.25) is 0 Å². The number of H-pyrrole nitrogens is 1. The van der Waals surface area contributed by atoms with Crippen LogP contribution in [0.3, 0.4) is 0 Å². The molecule has 0 radical (unpaired) electrons. The zero-order valence-corrected chi connectivity index (χ0v) is 14.9. The first kappa shape index (κ1) is 17.3. The van der Waals surface area contributed by atoms with Crippen LogP contribution >= 0.6 is 11.5 Å². The van der Waals surface area contributed by atoms with Gasteiger partial charge in [0.2, 0.25) is 23.6 Å². The number of aromatic nitrogens is 3. The number of rotatable bonds is 5. The molecule has 3 rings (SSSR count). The van der Waals surface area contributed by atoms with Crippen LogP contribution in [0.4, 0.5) is 5.00 Å². The molecule has 0 saturated carbocycles. The Labute approximate surface area is 147 Å². The average Bonchev–Trinajstić information content (AvgIpc) is 3.10. The summed E-state index contributed by atoms with van der Waals surface area (Å²) in [6, 6.07) is 0. The highest BCUT2D eigenvalue weighted by atomic mass is 32.1. The standard InChI is InChI=1S/C14H20N6O4S/c1-3-16(4-2)20-15-17(19-12(23)7-8-13(19)24)9-14(25-20)18-10(21)5-6-11(18)22/h9,15H,3-8H2,1-2H3. The van der Waals surface area contributed by atoms with E-state index in [-0.39, 0.29) is 49.3 Å². The van der Waals surface area contributed by atoms with Gasteiger partial charge >= 0.3 is 0 Å². The minimum atomic E-state index is -0.335. The molecule has 0 bridgehead atoms. The molecule has 2 aliphatic heterocycles. The average molecular weight is 368 g/mol. The fourth-order valence-corrected chi connectivity index (χ4v) is 3.86. The van der Waals surface area contributed by atoms with Gasteiger partial charge in [-0.2, -0.15) is 15.0 Å². The fourth-order valence-electron chi connectivity index (χ4n) is 2.78. The molecule has 4 amide bonds. The predicted octanol–water partition coefficient (Wildman–Crippen LogP) is 0.220. The van der Waals surface area contributed by atoms with Crippen LogP contribution in [0.15, 0.2) is 6.20 Å². The molecule has 0 unspecified atom stereocenters. The van der Waals surface area contributed by atoms with Crippen molar-refractivity contribution in [2.75, 3.05) is 28.0 Å². The third-order valence-electron chi connectivity index (χ3n) is 4.10. The normalized spacial score (nSPS) is 17.8. The van der Waals surface area contributed by atoms with Crippen LogP contribution in [-0.4, -0.2) is 50.9 Å². The van der Waals surface area contributed by atoms with Crippen LogP contribution in [0.5, 0.6) is 0 Å². The lowest BCUT2D eigenvalue weighted by molar-refractivity contribution is -0.124. The van der Waals surface area contributed by atoms with Gasteiger partial charge < -0.3 is 0 Å². The Morgan fingerprint density at radius 3 is 2.00 bits per heavy atom. The quantitative estimate of drug-likeness (QED) is 0.749. The van der Waals surface area contributed by atoms with Gasteiger partial charge in [0.25, 0.3) is 0 Å². The van der Waals surface area contributed by atoms with Gasteiger partial charge in [0.15, 0.2) is 0 Å². The molecule has 1 aromatic heterocycles. The van der Waals surface area contributed by atoms with Crippen molar-refractivity contribution in [3.8, 4) is 0 Å². The first-order chi connectivity index (χ1) is 12.0. The highest BCUT2D eigenvalue weighted by molar-refractivity contribution is 7.10. The van der Waals surface area contributed by atoms with Gasteiger partial charge in [-0.25, -0.2) is 4.90 Å². The van der Waals surface area contributed by atoms with E-state index in [1.54, 1.807) is 4.18 Å². The summed E-state index contributed by atoms with van der Waals surface area (Å²) in [5.41, 5.74) is 0. The summed E-state index contributed by atoms with van der Waals surface area (Å²) in [6.07, 6.45) is 2.04. The van der Waals surface area contributed by atoms with Gasteiger partial charge in [0.1, 0.15) is 5.00 Å². The Hall–Kier alpha value is -2.56. The largest absolute Gasteiger partial charge is 0.288 e. The molecule has 0 spiro atoms. The Bertz CT molecular complexity index is 679. The monoisotopic (exact) mass is 368 g/mol. The highest BCUT2D eigenvalue weighted by Gasteiger charge is 2.34. The van der Waals surface area contributed by atoms with Crippen molar-refractivity contribution >= 4 is 40.2 Å². The van der Waals surface area contributed by atoms with E-state index in [4.69, 9.17) is 0 Å². The SMILES string of the molecule is CCN(CC)n1[nH]n(N2C(=O)CCC2=O)cc(N2C(=O)CCC2=O)s1. The van der Waals surface area contributed by atoms with Crippen molar-refractivity contribution in [2.24, 2.45) is 0 Å². The molecular weight excluding hydrogens is 348 g/mol. The number of amides is 4. The van der Waals surface area contributed by atoms with E-state index < -0.39 is 0 Å². The third-order valence-corrected chi connectivity index (χ3v) is 5.06. The minimum absolute atomic E-state index is 0.139. The number of carbonyl (C=O) groups excluding carboxylic acids is 4. The van der Waals surface area contributed by atoms with E-state index in [1.165, 1.54) is 11.0 Å². The van der Waals surface area contributed by atoms with Crippen LogP contribution in [-0.2, 0) is 19.2 Å². The minimum Gasteiger partial charge on any atom is -0.288 e. The molecule has 10 nitrogen and oxygen atoms in total. The summed E-state index contributed by atoms with van der Waals surface area (Å²) >= 11 is 1.16. The van der Waals surface area contributed by atoms with Gasteiger partial charge in [-0.05, 0) is 13.8 Å². The van der Waals surface area contributed by atoms with Crippen molar-refractivity contribution < 1.29 is 19.2 Å². The maximum atomic E-state index is 12.1. The second kappa shape index (κ2) is 6.75. The van der Waals surface area contributed by atoms with Gasteiger partial charge in [-0.1, -0.05) is 0 Å². The number of nitrogens with one attached hydrogen (secondary N) is 1. The zero-order chi connectivity index (χ0) is 18.1. The van der Waals surface area contributed by atoms with Gasteiger partial charge in [0, 0.05) is 50.3 Å². The molecule has 1 aromatic rings. The number of carbonyl (C=O) groups is 4. The second-order valence-electron chi connectivity index (χ2n) is 5.64. The summed E-state index contributed by atoms with van der Waals surface area (Å²) in [7, 11) is 0. The fraction of sp³-hybridized carbons (Fsp3) is 0.571. The maximum Gasteiger partial charge on any atom is 0.250 e. The van der Waals surface area contributed by atoms with E-state index in [0.717, 1.165) is 21.4 Å². The summed E-state index contributed by atoms with van der Waals surface area (Å²) in [4.78, 5) is 50.7. The van der Waals surface area contributed by atoms with E-state index >= 15 is 0 Å². The molecule has 25 heavy (non-hydrogen) atoms. The molecular formula is C14H20N6O4S. The molecule has 2 aliphatic rings. The highest BCUT2D eigenvalue weighted by Crippen LogP contribution is 2.26. The maximum absolute atomic E-state index is 12.1. The number of hydrogen-bond acceptors (Lipinski definition) is 6. The lowest BCUT2D eigenvalue weighted by Crippen LogP contribution is -2.45. The first-order valence-corrected chi connectivity index (χ1v) is 8.95. The smallest absolute Gasteiger partial charge is 0.250 e. The van der Waals surface area contributed by atoms with Gasteiger partial charge in [0.05, 0.1) is 6.20 Å². The van der Waals surface area contributed by atoms with Crippen molar-refractivity contribution in [2.45, 2.75) is 39.5 Å². The van der Waals surface area contributed by atoms with E-state index in [0.29, 0.717) is 18.1 Å². The summed E-state index contributed by atoms with van der Waals surface area (Å²) in [6.45, 7) is 5.21. The molecule has 1 N–H and O–H groups in total. The summed E-state index contributed by atoms with van der Waals surface area (Å²) in [5, 5.41) is 6.21. The molecule has 3 heterocycles. The predicted molar refractivity (Wildman–Crippen MR) is 90.8 cm³/mol. The lowest BCUT2D eigenvalue weighted by atomic mass is 10.4. The number of imide groups is 2. The number of hydrogen-bond donors (Lipinski definition) is 1. The van der Waals surface area contributed by atoms with Crippen molar-refractivity contribution in [3.05, 3.63) is 6.20 Å². The topological polar surface area (TPSA) is 104 Å². The molecule has 0 aromatic carbocycles. The van der Waals surface area contributed by atoms with E-state index in [1.807, 2.05) is 18.9 Å².